The highest BCUT2D eigenvalue weighted by Gasteiger charge is 2.28. The van der Waals surface area contributed by atoms with Crippen molar-refractivity contribution in [3.8, 4) is 11.8 Å². The second kappa shape index (κ2) is 5.67. The van der Waals surface area contributed by atoms with Gasteiger partial charge in [0.1, 0.15) is 23.5 Å². The molecule has 6 nitrogen and oxygen atoms in total. The Bertz CT molecular complexity index is 524. The van der Waals surface area contributed by atoms with Crippen molar-refractivity contribution in [2.24, 2.45) is 11.7 Å². The Kier molecular flexibility index (Phi) is 3.97. The maximum Gasteiger partial charge on any atom is 0.271 e. The maximum atomic E-state index is 10.7. The molecule has 6 heteroatoms. The van der Waals surface area contributed by atoms with Gasteiger partial charge in [0.2, 0.25) is 0 Å². The van der Waals surface area contributed by atoms with Gasteiger partial charge in [-0.05, 0) is 31.9 Å². The predicted molar refractivity (Wildman–Crippen MR) is 68.6 cm³/mol. The summed E-state index contributed by atoms with van der Waals surface area (Å²) < 4.78 is 5.81. The van der Waals surface area contributed by atoms with Gasteiger partial charge in [-0.15, -0.1) is 0 Å². The Hall–Kier alpha value is -2.13. The minimum absolute atomic E-state index is 0.00134. The molecule has 2 unspecified atom stereocenters. The van der Waals surface area contributed by atoms with Crippen molar-refractivity contribution >= 4 is 5.69 Å². The second-order valence-electron chi connectivity index (χ2n) is 4.63. The molecule has 1 aliphatic rings. The van der Waals surface area contributed by atoms with Crippen LogP contribution in [0.5, 0.6) is 5.75 Å². The zero-order chi connectivity index (χ0) is 13.8. The fourth-order valence-corrected chi connectivity index (χ4v) is 2.41. The van der Waals surface area contributed by atoms with Gasteiger partial charge in [0.15, 0.2) is 0 Å². The Morgan fingerprint density at radius 2 is 2.32 bits per heavy atom. The fourth-order valence-electron chi connectivity index (χ4n) is 2.41. The van der Waals surface area contributed by atoms with Crippen LogP contribution in [0.25, 0.3) is 0 Å². The average Bonchev–Trinajstić information content (AvgIpc) is 2.86. The number of hydrogen-bond acceptors (Lipinski definition) is 5. The van der Waals surface area contributed by atoms with Crippen LogP contribution < -0.4 is 10.5 Å². The number of benzene rings is 1. The number of nitrogens with two attached hydrogens (primary N) is 1. The molecule has 0 radical (unpaired) electrons. The van der Waals surface area contributed by atoms with Crippen LogP contribution in [0.4, 0.5) is 5.69 Å². The van der Waals surface area contributed by atoms with E-state index < -0.39 is 4.92 Å². The van der Waals surface area contributed by atoms with Gasteiger partial charge in [0.25, 0.3) is 5.69 Å². The molecule has 0 spiro atoms. The summed E-state index contributed by atoms with van der Waals surface area (Å²) >= 11 is 0. The van der Waals surface area contributed by atoms with E-state index in [9.17, 15) is 10.1 Å². The van der Waals surface area contributed by atoms with E-state index in [0.717, 1.165) is 19.3 Å². The Balaban J connectivity index is 2.21. The summed E-state index contributed by atoms with van der Waals surface area (Å²) in [5, 5.41) is 19.7. The molecular weight excluding hydrogens is 246 g/mol. The lowest BCUT2D eigenvalue weighted by Gasteiger charge is -2.20. The molecule has 0 heterocycles. The molecule has 0 aromatic heterocycles. The molecule has 1 fully saturated rings. The molecule has 1 aliphatic carbocycles. The summed E-state index contributed by atoms with van der Waals surface area (Å²) in [7, 11) is 0. The van der Waals surface area contributed by atoms with Crippen molar-refractivity contribution in [2.45, 2.75) is 25.4 Å². The molecule has 2 rings (SSSR count). The highest BCUT2D eigenvalue weighted by Crippen LogP contribution is 2.31. The van der Waals surface area contributed by atoms with Gasteiger partial charge >= 0.3 is 0 Å². The highest BCUT2D eigenvalue weighted by molar-refractivity contribution is 5.50. The number of hydrogen-bond donors (Lipinski definition) is 1. The van der Waals surface area contributed by atoms with Crippen LogP contribution in [-0.4, -0.2) is 17.6 Å². The number of nitro groups is 1. The van der Waals surface area contributed by atoms with Crippen molar-refractivity contribution in [3.63, 3.8) is 0 Å². The van der Waals surface area contributed by atoms with E-state index >= 15 is 0 Å². The van der Waals surface area contributed by atoms with Crippen LogP contribution in [-0.2, 0) is 0 Å². The molecule has 1 aromatic carbocycles. The lowest BCUT2D eigenvalue weighted by atomic mass is 10.1. The lowest BCUT2D eigenvalue weighted by molar-refractivity contribution is -0.384. The Morgan fingerprint density at radius 1 is 1.53 bits per heavy atom. The van der Waals surface area contributed by atoms with Crippen LogP contribution in [0.3, 0.4) is 0 Å². The normalized spacial score (nSPS) is 21.9. The van der Waals surface area contributed by atoms with E-state index in [0.29, 0.717) is 18.2 Å². The third kappa shape index (κ3) is 2.83. The van der Waals surface area contributed by atoms with E-state index in [4.69, 9.17) is 15.7 Å². The van der Waals surface area contributed by atoms with Crippen LogP contribution in [0.1, 0.15) is 24.8 Å². The molecular formula is C13H15N3O3. The third-order valence-electron chi connectivity index (χ3n) is 3.46. The summed E-state index contributed by atoms with van der Waals surface area (Å²) in [6, 6.07) is 6.01. The van der Waals surface area contributed by atoms with Crippen LogP contribution in [0.15, 0.2) is 18.2 Å². The quantitative estimate of drug-likeness (QED) is 0.659. The molecule has 0 bridgehead atoms. The van der Waals surface area contributed by atoms with Crippen molar-refractivity contribution < 1.29 is 9.66 Å². The van der Waals surface area contributed by atoms with E-state index in [1.165, 1.54) is 18.2 Å². The number of nitro benzene ring substituents is 1. The molecule has 100 valence electrons. The van der Waals surface area contributed by atoms with E-state index in [-0.39, 0.29) is 17.4 Å². The van der Waals surface area contributed by atoms with Crippen molar-refractivity contribution in [1.82, 2.24) is 0 Å². The number of rotatable bonds is 4. The fraction of sp³-hybridized carbons (Fsp3) is 0.462. The van der Waals surface area contributed by atoms with Crippen molar-refractivity contribution in [1.29, 1.82) is 5.26 Å². The summed E-state index contributed by atoms with van der Waals surface area (Å²) in [4.78, 5) is 10.1. The topological polar surface area (TPSA) is 102 Å². The standard InChI is InChI=1S/C13H15N3O3/c14-7-9-2-1-3-12(9)19-13-5-4-11(16(17)18)6-10(13)8-15/h4-6,9,12H,1-3,7,14H2. The highest BCUT2D eigenvalue weighted by atomic mass is 16.6. The van der Waals surface area contributed by atoms with Gasteiger partial charge in [0.05, 0.1) is 4.92 Å². The number of ether oxygens (including phenoxy) is 1. The van der Waals surface area contributed by atoms with E-state index in [2.05, 4.69) is 0 Å². The number of non-ortho nitro benzene ring substituents is 1. The Labute approximate surface area is 110 Å². The number of nitriles is 1. The van der Waals surface area contributed by atoms with E-state index in [1.54, 1.807) is 0 Å². The van der Waals surface area contributed by atoms with Crippen molar-refractivity contribution in [2.75, 3.05) is 6.54 Å². The lowest BCUT2D eigenvalue weighted by Crippen LogP contribution is -2.27. The molecule has 0 amide bonds. The first-order valence-electron chi connectivity index (χ1n) is 6.21. The first-order valence-corrected chi connectivity index (χ1v) is 6.21. The molecule has 2 N–H and O–H groups in total. The maximum absolute atomic E-state index is 10.7. The first-order chi connectivity index (χ1) is 9.15. The second-order valence-corrected chi connectivity index (χ2v) is 4.63. The van der Waals surface area contributed by atoms with Gasteiger partial charge in [-0.3, -0.25) is 10.1 Å². The van der Waals surface area contributed by atoms with Gasteiger partial charge < -0.3 is 10.5 Å². The summed E-state index contributed by atoms with van der Waals surface area (Å²) in [6.07, 6.45) is 2.99. The van der Waals surface area contributed by atoms with Gasteiger partial charge in [-0.1, -0.05) is 0 Å². The first kappa shape index (κ1) is 13.3. The average molecular weight is 261 g/mol. The third-order valence-corrected chi connectivity index (χ3v) is 3.46. The molecule has 1 saturated carbocycles. The SMILES string of the molecule is N#Cc1cc([N+](=O)[O-])ccc1OC1CCCC1CN. The minimum Gasteiger partial charge on any atom is -0.489 e. The summed E-state index contributed by atoms with van der Waals surface area (Å²) in [6.45, 7) is 0.555. The number of nitrogens with zero attached hydrogens (tertiary/aromatic N) is 2. The molecule has 0 saturated heterocycles. The predicted octanol–water partition coefficient (Wildman–Crippen LogP) is 1.97. The zero-order valence-corrected chi connectivity index (χ0v) is 10.4. The van der Waals surface area contributed by atoms with Crippen LogP contribution in [0, 0.1) is 27.4 Å². The molecule has 1 aromatic rings. The molecule has 0 aliphatic heterocycles. The Morgan fingerprint density at radius 3 is 2.95 bits per heavy atom. The smallest absolute Gasteiger partial charge is 0.271 e. The van der Waals surface area contributed by atoms with Gasteiger partial charge in [-0.2, -0.15) is 5.26 Å². The molecule has 2 atom stereocenters. The van der Waals surface area contributed by atoms with Gasteiger partial charge in [-0.25, -0.2) is 0 Å². The monoisotopic (exact) mass is 261 g/mol. The largest absolute Gasteiger partial charge is 0.489 e. The summed E-state index contributed by atoms with van der Waals surface area (Å²) in [5.74, 6) is 0.695. The van der Waals surface area contributed by atoms with Crippen LogP contribution in [0.2, 0.25) is 0 Å². The minimum atomic E-state index is -0.525. The zero-order valence-electron chi connectivity index (χ0n) is 10.4. The van der Waals surface area contributed by atoms with Crippen LogP contribution >= 0.6 is 0 Å². The van der Waals surface area contributed by atoms with Gasteiger partial charge in [0, 0.05) is 18.1 Å². The van der Waals surface area contributed by atoms with Crippen molar-refractivity contribution in [3.05, 3.63) is 33.9 Å². The van der Waals surface area contributed by atoms with E-state index in [1.807, 2.05) is 6.07 Å². The molecule has 19 heavy (non-hydrogen) atoms. The summed E-state index contributed by atoms with van der Waals surface area (Å²) in [5.41, 5.74) is 5.76.